The van der Waals surface area contributed by atoms with Crippen LogP contribution in [0.15, 0.2) is 34.2 Å². The fraction of sp³-hybridized carbons (Fsp3) is 0.500. The van der Waals surface area contributed by atoms with Crippen LogP contribution in [0, 0.1) is 0 Å². The molecule has 0 unspecified atom stereocenters. The molecule has 22 heavy (non-hydrogen) atoms. The molecule has 1 aliphatic heterocycles. The van der Waals surface area contributed by atoms with E-state index in [2.05, 4.69) is 0 Å². The van der Waals surface area contributed by atoms with Crippen molar-refractivity contribution in [3.63, 3.8) is 0 Å². The lowest BCUT2D eigenvalue weighted by atomic mass is 10.2. The summed E-state index contributed by atoms with van der Waals surface area (Å²) in [6.07, 6.45) is 3.21. The fourth-order valence-electron chi connectivity index (χ4n) is 2.68. The second kappa shape index (κ2) is 6.02. The number of fused-ring (bicyclic) bond motifs is 1. The van der Waals surface area contributed by atoms with Crippen molar-refractivity contribution in [2.75, 3.05) is 19.2 Å². The number of aromatic nitrogens is 2. The Bertz CT molecular complexity index is 736. The molecular formula is C16H18N2O3S. The van der Waals surface area contributed by atoms with Gasteiger partial charge >= 0.3 is 0 Å². The summed E-state index contributed by atoms with van der Waals surface area (Å²) in [7, 11) is 0. The van der Waals surface area contributed by atoms with Gasteiger partial charge in [0, 0.05) is 11.8 Å². The molecule has 0 spiro atoms. The average molecular weight is 318 g/mol. The Kier molecular flexibility index (Phi) is 3.90. The first kappa shape index (κ1) is 14.2. The summed E-state index contributed by atoms with van der Waals surface area (Å²) in [6.45, 7) is 1.11. The van der Waals surface area contributed by atoms with Crippen LogP contribution in [0.4, 0.5) is 0 Å². The quantitative estimate of drug-likeness (QED) is 0.640. The van der Waals surface area contributed by atoms with E-state index >= 15 is 0 Å². The standard InChI is InChI=1S/C16H18N2O3S/c19-15-13-3-1-2-4-14(13)17-16(18(15)11-5-6-11)22-9-12-7-8-20-10-21-12/h1-4,11-12H,5-10H2/t12-/m0/s1. The number of benzene rings is 1. The summed E-state index contributed by atoms with van der Waals surface area (Å²) in [5.74, 6) is 0.806. The van der Waals surface area contributed by atoms with E-state index in [0.717, 1.165) is 42.3 Å². The van der Waals surface area contributed by atoms with Crippen LogP contribution in [0.1, 0.15) is 25.3 Å². The zero-order valence-electron chi connectivity index (χ0n) is 12.2. The molecular weight excluding hydrogens is 300 g/mol. The van der Waals surface area contributed by atoms with E-state index in [0.29, 0.717) is 18.2 Å². The molecule has 0 amide bonds. The first-order valence-electron chi connectivity index (χ1n) is 7.66. The van der Waals surface area contributed by atoms with Crippen LogP contribution >= 0.6 is 11.8 Å². The first-order chi connectivity index (χ1) is 10.8. The van der Waals surface area contributed by atoms with Gasteiger partial charge in [-0.15, -0.1) is 0 Å². The van der Waals surface area contributed by atoms with Gasteiger partial charge in [0.25, 0.3) is 5.56 Å². The molecule has 2 aliphatic rings. The van der Waals surface area contributed by atoms with Crippen LogP contribution in [0.5, 0.6) is 0 Å². The molecule has 1 saturated heterocycles. The lowest BCUT2D eigenvalue weighted by molar-refractivity contribution is -0.130. The highest BCUT2D eigenvalue weighted by molar-refractivity contribution is 7.99. The van der Waals surface area contributed by atoms with Crippen LogP contribution in [0.2, 0.25) is 0 Å². The molecule has 5 nitrogen and oxygen atoms in total. The number of para-hydroxylation sites is 1. The monoisotopic (exact) mass is 318 g/mol. The van der Waals surface area contributed by atoms with Gasteiger partial charge in [-0.3, -0.25) is 9.36 Å². The van der Waals surface area contributed by atoms with Gasteiger partial charge in [0.15, 0.2) is 5.16 Å². The van der Waals surface area contributed by atoms with Crippen molar-refractivity contribution in [1.29, 1.82) is 0 Å². The van der Waals surface area contributed by atoms with Crippen molar-refractivity contribution in [1.82, 2.24) is 9.55 Å². The Hall–Kier alpha value is -1.37. The molecule has 4 rings (SSSR count). The summed E-state index contributed by atoms with van der Waals surface area (Å²) in [4.78, 5) is 17.5. The van der Waals surface area contributed by atoms with Gasteiger partial charge < -0.3 is 9.47 Å². The summed E-state index contributed by atoms with van der Waals surface area (Å²) in [6, 6.07) is 7.91. The normalized spacial score (nSPS) is 22.1. The van der Waals surface area contributed by atoms with Crippen molar-refractivity contribution in [3.8, 4) is 0 Å². The average Bonchev–Trinajstić information content (AvgIpc) is 3.39. The van der Waals surface area contributed by atoms with Gasteiger partial charge in [-0.05, 0) is 31.4 Å². The van der Waals surface area contributed by atoms with Crippen LogP contribution < -0.4 is 5.56 Å². The van der Waals surface area contributed by atoms with Crippen molar-refractivity contribution in [2.45, 2.75) is 36.6 Å². The van der Waals surface area contributed by atoms with Gasteiger partial charge in [0.05, 0.1) is 23.6 Å². The minimum Gasteiger partial charge on any atom is -0.355 e. The molecule has 0 N–H and O–H groups in total. The Balaban J connectivity index is 1.66. The van der Waals surface area contributed by atoms with Crippen molar-refractivity contribution >= 4 is 22.7 Å². The lowest BCUT2D eigenvalue weighted by Gasteiger charge is -2.22. The third kappa shape index (κ3) is 2.78. The first-order valence-corrected chi connectivity index (χ1v) is 8.65. The number of hydrogen-bond acceptors (Lipinski definition) is 5. The van der Waals surface area contributed by atoms with Crippen molar-refractivity contribution < 1.29 is 9.47 Å². The fourth-order valence-corrected chi connectivity index (χ4v) is 3.81. The van der Waals surface area contributed by atoms with E-state index in [-0.39, 0.29) is 11.7 Å². The Morgan fingerprint density at radius 1 is 1.27 bits per heavy atom. The van der Waals surface area contributed by atoms with Crippen LogP contribution in [-0.4, -0.2) is 34.8 Å². The molecule has 1 atom stereocenters. The molecule has 1 saturated carbocycles. The highest BCUT2D eigenvalue weighted by Gasteiger charge is 2.29. The summed E-state index contributed by atoms with van der Waals surface area (Å²) >= 11 is 1.62. The van der Waals surface area contributed by atoms with Crippen LogP contribution in [-0.2, 0) is 9.47 Å². The smallest absolute Gasteiger partial charge is 0.262 e. The number of thioether (sulfide) groups is 1. The summed E-state index contributed by atoms with van der Waals surface area (Å²) < 4.78 is 12.7. The molecule has 1 aliphatic carbocycles. The van der Waals surface area contributed by atoms with Crippen LogP contribution in [0.3, 0.4) is 0 Å². The topological polar surface area (TPSA) is 53.4 Å². The SMILES string of the molecule is O=c1c2ccccc2nc(SC[C@@H]2CCOCO2)n1C1CC1. The van der Waals surface area contributed by atoms with E-state index < -0.39 is 0 Å². The molecule has 2 fully saturated rings. The molecule has 2 aromatic rings. The molecule has 0 radical (unpaired) electrons. The van der Waals surface area contributed by atoms with Crippen molar-refractivity contribution in [3.05, 3.63) is 34.6 Å². The highest BCUT2D eigenvalue weighted by Crippen LogP contribution is 2.37. The maximum absolute atomic E-state index is 12.7. The zero-order valence-corrected chi connectivity index (χ0v) is 13.1. The third-order valence-electron chi connectivity index (χ3n) is 4.06. The predicted molar refractivity (Wildman–Crippen MR) is 85.3 cm³/mol. The van der Waals surface area contributed by atoms with Gasteiger partial charge in [-0.25, -0.2) is 4.98 Å². The maximum atomic E-state index is 12.7. The minimum atomic E-state index is 0.0866. The van der Waals surface area contributed by atoms with E-state index in [1.54, 1.807) is 11.8 Å². The van der Waals surface area contributed by atoms with Crippen LogP contribution in [0.25, 0.3) is 10.9 Å². The van der Waals surface area contributed by atoms with E-state index in [1.165, 1.54) is 0 Å². The van der Waals surface area contributed by atoms with Gasteiger partial charge in [-0.1, -0.05) is 23.9 Å². The Morgan fingerprint density at radius 3 is 2.91 bits per heavy atom. The minimum absolute atomic E-state index is 0.0866. The van der Waals surface area contributed by atoms with E-state index in [9.17, 15) is 4.79 Å². The highest BCUT2D eigenvalue weighted by atomic mass is 32.2. The van der Waals surface area contributed by atoms with Crippen molar-refractivity contribution in [2.24, 2.45) is 0 Å². The second-order valence-electron chi connectivity index (χ2n) is 5.73. The molecule has 0 bridgehead atoms. The largest absolute Gasteiger partial charge is 0.355 e. The maximum Gasteiger partial charge on any atom is 0.262 e. The second-order valence-corrected chi connectivity index (χ2v) is 6.72. The molecule has 6 heteroatoms. The lowest BCUT2D eigenvalue weighted by Crippen LogP contribution is -2.27. The van der Waals surface area contributed by atoms with E-state index in [4.69, 9.17) is 14.5 Å². The number of hydrogen-bond donors (Lipinski definition) is 0. The number of nitrogens with zero attached hydrogens (tertiary/aromatic N) is 2. The van der Waals surface area contributed by atoms with Gasteiger partial charge in [0.2, 0.25) is 0 Å². The Labute approximate surface area is 132 Å². The van der Waals surface area contributed by atoms with Gasteiger partial charge in [-0.2, -0.15) is 0 Å². The molecule has 1 aromatic carbocycles. The number of rotatable bonds is 4. The number of ether oxygens (including phenoxy) is 2. The summed E-state index contributed by atoms with van der Waals surface area (Å²) in [5.41, 5.74) is 0.864. The van der Waals surface area contributed by atoms with Gasteiger partial charge in [0.1, 0.15) is 6.79 Å². The third-order valence-corrected chi connectivity index (χ3v) is 5.14. The Morgan fingerprint density at radius 2 is 2.14 bits per heavy atom. The molecule has 1 aromatic heterocycles. The van der Waals surface area contributed by atoms with E-state index in [1.807, 2.05) is 28.8 Å². The summed E-state index contributed by atoms with van der Waals surface area (Å²) in [5, 5.41) is 1.53. The predicted octanol–water partition coefficient (Wildman–Crippen LogP) is 2.59. The molecule has 116 valence electrons. The molecule has 2 heterocycles. The zero-order chi connectivity index (χ0) is 14.9.